The fourth-order valence-corrected chi connectivity index (χ4v) is 4.12. The third-order valence-corrected chi connectivity index (χ3v) is 5.90. The zero-order valence-corrected chi connectivity index (χ0v) is 16.8. The van der Waals surface area contributed by atoms with Gasteiger partial charge in [-0.2, -0.15) is 0 Å². The molecule has 0 N–H and O–H groups in total. The molecule has 2 aliphatic heterocycles. The predicted octanol–water partition coefficient (Wildman–Crippen LogP) is 4.61. The smallest absolute Gasteiger partial charge is 0.253 e. The number of rotatable bonds is 4. The van der Waals surface area contributed by atoms with Crippen molar-refractivity contribution in [2.75, 3.05) is 13.1 Å². The number of aryl methyl sites for hydroxylation is 1. The normalized spacial score (nSPS) is 18.0. The van der Waals surface area contributed by atoms with Crippen molar-refractivity contribution in [2.24, 2.45) is 0 Å². The van der Waals surface area contributed by atoms with Gasteiger partial charge in [0.2, 0.25) is 0 Å². The van der Waals surface area contributed by atoms with Crippen LogP contribution in [0, 0.1) is 0 Å². The number of piperidine rings is 1. The van der Waals surface area contributed by atoms with Crippen molar-refractivity contribution in [3.8, 4) is 5.75 Å². The fourth-order valence-electron chi connectivity index (χ4n) is 4.12. The minimum absolute atomic E-state index is 0.108. The van der Waals surface area contributed by atoms with E-state index in [9.17, 15) is 4.79 Å². The number of carbonyl (C=O) groups excluding carboxylic acids is 1. The van der Waals surface area contributed by atoms with Gasteiger partial charge in [0, 0.05) is 31.5 Å². The van der Waals surface area contributed by atoms with Gasteiger partial charge >= 0.3 is 0 Å². The molecule has 2 heterocycles. The van der Waals surface area contributed by atoms with Crippen molar-refractivity contribution >= 4 is 5.91 Å². The Hall–Kier alpha value is -2.33. The summed E-state index contributed by atoms with van der Waals surface area (Å²) in [5, 5.41) is 0. The maximum Gasteiger partial charge on any atom is 0.253 e. The summed E-state index contributed by atoms with van der Waals surface area (Å²) in [6.07, 6.45) is 4.09. The Bertz CT molecular complexity index is 820. The molecule has 0 aromatic heterocycles. The van der Waals surface area contributed by atoms with Crippen LogP contribution in [0.5, 0.6) is 5.75 Å². The Morgan fingerprint density at radius 2 is 1.79 bits per heavy atom. The first-order chi connectivity index (χ1) is 13.5. The predicted molar refractivity (Wildman–Crippen MR) is 110 cm³/mol. The minimum Gasteiger partial charge on any atom is -0.487 e. The van der Waals surface area contributed by atoms with Gasteiger partial charge in [-0.3, -0.25) is 4.79 Å². The topological polar surface area (TPSA) is 38.8 Å². The standard InChI is InChI=1S/C24H29NO3/c1-18(2)27-17-19-7-9-21(10-8-19)23(26)25-15-13-24(14-16-25)12-11-20-5-3-4-6-22(20)28-24/h3-10,18H,11-17H2,1-2H3. The number of carbonyl (C=O) groups is 1. The second-order valence-corrected chi connectivity index (χ2v) is 8.24. The Morgan fingerprint density at radius 1 is 1.07 bits per heavy atom. The summed E-state index contributed by atoms with van der Waals surface area (Å²) in [5.74, 6) is 1.13. The van der Waals surface area contributed by atoms with Gasteiger partial charge in [0.05, 0.1) is 12.7 Å². The van der Waals surface area contributed by atoms with E-state index in [1.165, 1.54) is 5.56 Å². The lowest BCUT2D eigenvalue weighted by molar-refractivity contribution is -0.0106. The minimum atomic E-state index is -0.108. The molecule has 0 atom stereocenters. The van der Waals surface area contributed by atoms with Crippen LogP contribution in [0.4, 0.5) is 0 Å². The maximum absolute atomic E-state index is 12.9. The van der Waals surface area contributed by atoms with Crippen LogP contribution in [0.3, 0.4) is 0 Å². The Morgan fingerprint density at radius 3 is 2.50 bits per heavy atom. The molecule has 28 heavy (non-hydrogen) atoms. The molecule has 1 amide bonds. The van der Waals surface area contributed by atoms with Gasteiger partial charge in [0.25, 0.3) is 5.91 Å². The average molecular weight is 380 g/mol. The number of amides is 1. The molecule has 148 valence electrons. The van der Waals surface area contributed by atoms with Crippen LogP contribution in [0.25, 0.3) is 0 Å². The molecule has 2 aromatic carbocycles. The number of hydrogen-bond donors (Lipinski definition) is 0. The molecule has 1 saturated heterocycles. The van der Waals surface area contributed by atoms with E-state index in [1.54, 1.807) is 0 Å². The summed E-state index contributed by atoms with van der Waals surface area (Å²) in [6.45, 7) is 6.13. The molecule has 4 rings (SSSR count). The molecule has 1 spiro atoms. The SMILES string of the molecule is CC(C)OCc1ccc(C(=O)N2CCC3(CCc4ccccc4O3)CC2)cc1. The molecule has 2 aliphatic rings. The number of hydrogen-bond acceptors (Lipinski definition) is 3. The number of nitrogens with zero attached hydrogens (tertiary/aromatic N) is 1. The van der Waals surface area contributed by atoms with E-state index in [4.69, 9.17) is 9.47 Å². The lowest BCUT2D eigenvalue weighted by Gasteiger charge is -2.44. The molecule has 0 aliphatic carbocycles. The first-order valence-electron chi connectivity index (χ1n) is 10.3. The first-order valence-corrected chi connectivity index (χ1v) is 10.3. The molecule has 0 bridgehead atoms. The summed E-state index contributed by atoms with van der Waals surface area (Å²) in [4.78, 5) is 14.9. The Balaban J connectivity index is 1.35. The Labute approximate surface area is 167 Å². The lowest BCUT2D eigenvalue weighted by Crippen LogP contribution is -2.51. The van der Waals surface area contributed by atoms with Crippen LogP contribution in [0.2, 0.25) is 0 Å². The van der Waals surface area contributed by atoms with E-state index in [-0.39, 0.29) is 17.6 Å². The highest BCUT2D eigenvalue weighted by Crippen LogP contribution is 2.39. The fraction of sp³-hybridized carbons (Fsp3) is 0.458. The maximum atomic E-state index is 12.9. The van der Waals surface area contributed by atoms with Gasteiger partial charge in [-0.25, -0.2) is 0 Å². The number of fused-ring (bicyclic) bond motifs is 1. The van der Waals surface area contributed by atoms with Crippen molar-refractivity contribution in [1.82, 2.24) is 4.90 Å². The van der Waals surface area contributed by atoms with Gasteiger partial charge in [0.1, 0.15) is 11.4 Å². The van der Waals surface area contributed by atoms with Crippen LogP contribution < -0.4 is 4.74 Å². The number of benzene rings is 2. The highest BCUT2D eigenvalue weighted by atomic mass is 16.5. The average Bonchev–Trinajstić information content (AvgIpc) is 2.72. The number of likely N-dealkylation sites (tertiary alicyclic amines) is 1. The van der Waals surface area contributed by atoms with Crippen molar-refractivity contribution in [2.45, 2.75) is 57.8 Å². The van der Waals surface area contributed by atoms with E-state index in [1.807, 2.05) is 49.1 Å². The van der Waals surface area contributed by atoms with Crippen LogP contribution in [0.1, 0.15) is 54.6 Å². The largest absolute Gasteiger partial charge is 0.487 e. The van der Waals surface area contributed by atoms with Crippen LogP contribution >= 0.6 is 0 Å². The zero-order valence-electron chi connectivity index (χ0n) is 16.8. The van der Waals surface area contributed by atoms with E-state index >= 15 is 0 Å². The zero-order chi connectivity index (χ0) is 19.6. The molecule has 2 aromatic rings. The van der Waals surface area contributed by atoms with Crippen molar-refractivity contribution in [3.05, 3.63) is 65.2 Å². The molecule has 0 radical (unpaired) electrons. The van der Waals surface area contributed by atoms with Crippen LogP contribution in [-0.2, 0) is 17.8 Å². The van der Waals surface area contributed by atoms with E-state index in [0.717, 1.165) is 55.6 Å². The second-order valence-electron chi connectivity index (χ2n) is 8.24. The van der Waals surface area contributed by atoms with Gasteiger partial charge in [-0.1, -0.05) is 30.3 Å². The third-order valence-electron chi connectivity index (χ3n) is 5.90. The van der Waals surface area contributed by atoms with E-state index in [2.05, 4.69) is 18.2 Å². The summed E-state index contributed by atoms with van der Waals surface area (Å²) in [5.41, 5.74) is 3.04. The van der Waals surface area contributed by atoms with Gasteiger partial charge in [-0.05, 0) is 56.0 Å². The van der Waals surface area contributed by atoms with Crippen LogP contribution in [-0.4, -0.2) is 35.6 Å². The first kappa shape index (κ1) is 19.0. The molecular weight excluding hydrogens is 350 g/mol. The van der Waals surface area contributed by atoms with Crippen molar-refractivity contribution in [1.29, 1.82) is 0 Å². The molecule has 0 saturated carbocycles. The van der Waals surface area contributed by atoms with E-state index in [0.29, 0.717) is 6.61 Å². The summed E-state index contributed by atoms with van der Waals surface area (Å²) >= 11 is 0. The third kappa shape index (κ3) is 4.07. The molecule has 1 fully saturated rings. The molecule has 4 heteroatoms. The van der Waals surface area contributed by atoms with Crippen molar-refractivity contribution < 1.29 is 14.3 Å². The molecule has 0 unspecified atom stereocenters. The molecular formula is C24H29NO3. The number of para-hydroxylation sites is 1. The van der Waals surface area contributed by atoms with Crippen LogP contribution in [0.15, 0.2) is 48.5 Å². The Kier molecular flexibility index (Phi) is 5.40. The molecule has 4 nitrogen and oxygen atoms in total. The van der Waals surface area contributed by atoms with E-state index < -0.39 is 0 Å². The highest BCUT2D eigenvalue weighted by Gasteiger charge is 2.40. The number of ether oxygens (including phenoxy) is 2. The summed E-state index contributed by atoms with van der Waals surface area (Å²) in [7, 11) is 0. The second kappa shape index (κ2) is 7.96. The van der Waals surface area contributed by atoms with Gasteiger partial charge in [-0.15, -0.1) is 0 Å². The summed E-state index contributed by atoms with van der Waals surface area (Å²) < 4.78 is 12.0. The quantitative estimate of drug-likeness (QED) is 0.779. The monoisotopic (exact) mass is 379 g/mol. The lowest BCUT2D eigenvalue weighted by atomic mass is 9.83. The van der Waals surface area contributed by atoms with Gasteiger partial charge < -0.3 is 14.4 Å². The summed E-state index contributed by atoms with van der Waals surface area (Å²) in [6, 6.07) is 16.1. The highest BCUT2D eigenvalue weighted by molar-refractivity contribution is 5.94. The van der Waals surface area contributed by atoms with Crippen molar-refractivity contribution in [3.63, 3.8) is 0 Å². The van der Waals surface area contributed by atoms with Gasteiger partial charge in [0.15, 0.2) is 0 Å².